The molecule has 1 fully saturated rings. The van der Waals surface area contributed by atoms with E-state index in [-0.39, 0.29) is 18.5 Å². The number of rotatable bonds is 6. The average Bonchev–Trinajstić information content (AvgIpc) is 2.46. The Morgan fingerprint density at radius 1 is 1.39 bits per heavy atom. The Morgan fingerprint density at radius 3 is 2.83 bits per heavy atom. The zero-order chi connectivity index (χ0) is 16.9. The van der Waals surface area contributed by atoms with Gasteiger partial charge in [0.2, 0.25) is 15.9 Å². The number of carbonyl (C=O) groups excluding carboxylic acids is 1. The van der Waals surface area contributed by atoms with Crippen molar-refractivity contribution in [3.05, 3.63) is 24.3 Å². The number of nitrogens with one attached hydrogen (secondary N) is 2. The molecule has 1 aliphatic heterocycles. The zero-order valence-electron chi connectivity index (χ0n) is 13.4. The van der Waals surface area contributed by atoms with Crippen molar-refractivity contribution >= 4 is 21.6 Å². The van der Waals surface area contributed by atoms with E-state index >= 15 is 0 Å². The minimum atomic E-state index is -3.23. The molecule has 0 aromatic heterocycles. The molecule has 1 heterocycles. The summed E-state index contributed by atoms with van der Waals surface area (Å²) in [6, 6.07) is 7.08. The second-order valence-corrected chi connectivity index (χ2v) is 7.49. The van der Waals surface area contributed by atoms with Crippen molar-refractivity contribution in [1.82, 2.24) is 9.62 Å². The van der Waals surface area contributed by atoms with E-state index in [1.54, 1.807) is 19.2 Å². The number of methoxy groups -OCH3 is 1. The van der Waals surface area contributed by atoms with Crippen LogP contribution in [0.1, 0.15) is 12.8 Å². The molecule has 1 aromatic rings. The van der Waals surface area contributed by atoms with Gasteiger partial charge >= 0.3 is 0 Å². The topological polar surface area (TPSA) is 87.7 Å². The van der Waals surface area contributed by atoms with Crippen LogP contribution in [-0.2, 0) is 14.8 Å². The number of piperidine rings is 1. The van der Waals surface area contributed by atoms with E-state index in [9.17, 15) is 13.2 Å². The molecular formula is C15H23N3O4S. The normalized spacial score (nSPS) is 19.3. The molecule has 1 aromatic carbocycles. The van der Waals surface area contributed by atoms with Crippen LogP contribution in [0.2, 0.25) is 0 Å². The highest BCUT2D eigenvalue weighted by atomic mass is 32.2. The average molecular weight is 341 g/mol. The molecule has 23 heavy (non-hydrogen) atoms. The first kappa shape index (κ1) is 17.7. The van der Waals surface area contributed by atoms with Gasteiger partial charge in [0, 0.05) is 12.6 Å². The molecule has 7 nitrogen and oxygen atoms in total. The largest absolute Gasteiger partial charge is 0.495 e. The van der Waals surface area contributed by atoms with Crippen molar-refractivity contribution in [3.63, 3.8) is 0 Å². The minimum absolute atomic E-state index is 0.141. The summed E-state index contributed by atoms with van der Waals surface area (Å²) in [6.45, 7) is 1.54. The van der Waals surface area contributed by atoms with Gasteiger partial charge in [0.05, 0.1) is 25.6 Å². The fourth-order valence-electron chi connectivity index (χ4n) is 2.74. The Kier molecular flexibility index (Phi) is 5.97. The molecule has 2 N–H and O–H groups in total. The standard InChI is InChI=1S/C15H23N3O4S/c1-22-14-8-4-3-7-13(14)16-15(19)11-18-9-5-6-12(10-18)17-23(2,20)21/h3-4,7-8,12,17H,5-6,9-11H2,1-2H3,(H,16,19). The van der Waals surface area contributed by atoms with Crippen LogP contribution >= 0.6 is 0 Å². The third-order valence-electron chi connectivity index (χ3n) is 3.63. The van der Waals surface area contributed by atoms with E-state index in [1.165, 1.54) is 0 Å². The number of nitrogens with zero attached hydrogens (tertiary/aromatic N) is 1. The monoisotopic (exact) mass is 341 g/mol. The lowest BCUT2D eigenvalue weighted by molar-refractivity contribution is -0.117. The molecule has 1 atom stereocenters. The quantitative estimate of drug-likeness (QED) is 0.793. The smallest absolute Gasteiger partial charge is 0.238 e. The van der Waals surface area contributed by atoms with Gasteiger partial charge in [-0.15, -0.1) is 0 Å². The summed E-state index contributed by atoms with van der Waals surface area (Å²) in [5.74, 6) is 0.464. The maximum Gasteiger partial charge on any atom is 0.238 e. The second-order valence-electron chi connectivity index (χ2n) is 5.71. The van der Waals surface area contributed by atoms with Crippen LogP contribution in [0.25, 0.3) is 0 Å². The van der Waals surface area contributed by atoms with Gasteiger partial charge in [-0.2, -0.15) is 0 Å². The fraction of sp³-hybridized carbons (Fsp3) is 0.533. The SMILES string of the molecule is COc1ccccc1NC(=O)CN1CCCC(NS(C)(=O)=O)C1. The van der Waals surface area contributed by atoms with E-state index in [0.717, 1.165) is 25.6 Å². The van der Waals surface area contributed by atoms with E-state index < -0.39 is 10.0 Å². The third-order valence-corrected chi connectivity index (χ3v) is 4.40. The van der Waals surface area contributed by atoms with Crippen molar-refractivity contribution in [3.8, 4) is 5.75 Å². The van der Waals surface area contributed by atoms with Crippen molar-refractivity contribution < 1.29 is 17.9 Å². The molecule has 1 saturated heterocycles. The van der Waals surface area contributed by atoms with Crippen LogP contribution in [0, 0.1) is 0 Å². The molecule has 0 aliphatic carbocycles. The van der Waals surface area contributed by atoms with Gasteiger partial charge < -0.3 is 10.1 Å². The van der Waals surface area contributed by atoms with Crippen molar-refractivity contribution in [1.29, 1.82) is 0 Å². The molecule has 8 heteroatoms. The summed E-state index contributed by atoms with van der Waals surface area (Å²) in [5.41, 5.74) is 0.628. The number of benzene rings is 1. The molecule has 1 amide bonds. The molecule has 2 rings (SSSR count). The van der Waals surface area contributed by atoms with Gasteiger partial charge in [-0.05, 0) is 31.5 Å². The predicted molar refractivity (Wildman–Crippen MR) is 89.1 cm³/mol. The van der Waals surface area contributed by atoms with Crippen LogP contribution < -0.4 is 14.8 Å². The van der Waals surface area contributed by atoms with E-state index in [1.807, 2.05) is 17.0 Å². The molecular weight excluding hydrogens is 318 g/mol. The van der Waals surface area contributed by atoms with Gasteiger partial charge in [-0.3, -0.25) is 9.69 Å². The summed E-state index contributed by atoms with van der Waals surface area (Å²) in [7, 11) is -1.67. The summed E-state index contributed by atoms with van der Waals surface area (Å²) >= 11 is 0. The van der Waals surface area contributed by atoms with Crippen molar-refractivity contribution in [2.45, 2.75) is 18.9 Å². The summed E-state index contributed by atoms with van der Waals surface area (Å²) in [4.78, 5) is 14.1. The Bertz CT molecular complexity index is 648. The highest BCUT2D eigenvalue weighted by Crippen LogP contribution is 2.23. The number of carbonyl (C=O) groups is 1. The van der Waals surface area contributed by atoms with Gasteiger partial charge in [-0.25, -0.2) is 13.1 Å². The maximum absolute atomic E-state index is 12.2. The minimum Gasteiger partial charge on any atom is -0.495 e. The molecule has 128 valence electrons. The number of hydrogen-bond donors (Lipinski definition) is 2. The lowest BCUT2D eigenvalue weighted by Crippen LogP contribution is -2.49. The summed E-state index contributed by atoms with van der Waals surface area (Å²) in [6.07, 6.45) is 2.80. The lowest BCUT2D eigenvalue weighted by Gasteiger charge is -2.32. The van der Waals surface area contributed by atoms with Crippen LogP contribution in [0.15, 0.2) is 24.3 Å². The number of para-hydroxylation sites is 2. The third kappa shape index (κ3) is 5.81. The van der Waals surface area contributed by atoms with E-state index in [0.29, 0.717) is 18.0 Å². The molecule has 0 saturated carbocycles. The molecule has 0 radical (unpaired) electrons. The summed E-state index contributed by atoms with van der Waals surface area (Å²) in [5, 5.41) is 2.83. The predicted octanol–water partition coefficient (Wildman–Crippen LogP) is 0.647. The van der Waals surface area contributed by atoms with Crippen molar-refractivity contribution in [2.24, 2.45) is 0 Å². The Hall–Kier alpha value is -1.64. The molecule has 0 bridgehead atoms. The number of amides is 1. The molecule has 1 aliphatic rings. The molecule has 0 spiro atoms. The molecule has 1 unspecified atom stereocenters. The Morgan fingerprint density at radius 2 is 2.13 bits per heavy atom. The van der Waals surface area contributed by atoms with Crippen LogP contribution in [0.5, 0.6) is 5.75 Å². The highest BCUT2D eigenvalue weighted by Gasteiger charge is 2.23. The van der Waals surface area contributed by atoms with Gasteiger partial charge in [0.25, 0.3) is 0 Å². The van der Waals surface area contributed by atoms with E-state index in [2.05, 4.69) is 10.0 Å². The number of sulfonamides is 1. The summed E-state index contributed by atoms with van der Waals surface area (Å²) < 4.78 is 30.4. The van der Waals surface area contributed by atoms with Gasteiger partial charge in [0.15, 0.2) is 0 Å². The highest BCUT2D eigenvalue weighted by molar-refractivity contribution is 7.88. The van der Waals surface area contributed by atoms with Crippen LogP contribution in [0.3, 0.4) is 0 Å². The fourth-order valence-corrected chi connectivity index (χ4v) is 3.54. The zero-order valence-corrected chi connectivity index (χ0v) is 14.2. The Balaban J connectivity index is 1.89. The lowest BCUT2D eigenvalue weighted by atomic mass is 10.1. The number of anilines is 1. The Labute approximate surface area is 137 Å². The van der Waals surface area contributed by atoms with Crippen molar-refractivity contribution in [2.75, 3.05) is 38.3 Å². The number of ether oxygens (including phenoxy) is 1. The first-order valence-electron chi connectivity index (χ1n) is 7.50. The number of hydrogen-bond acceptors (Lipinski definition) is 5. The first-order valence-corrected chi connectivity index (χ1v) is 9.39. The first-order chi connectivity index (χ1) is 10.9. The van der Waals surface area contributed by atoms with Gasteiger partial charge in [0.1, 0.15) is 5.75 Å². The second kappa shape index (κ2) is 7.76. The van der Waals surface area contributed by atoms with Gasteiger partial charge in [-0.1, -0.05) is 12.1 Å². The van der Waals surface area contributed by atoms with E-state index in [4.69, 9.17) is 4.74 Å². The maximum atomic E-state index is 12.2. The number of likely N-dealkylation sites (tertiary alicyclic amines) is 1. The van der Waals surface area contributed by atoms with Crippen LogP contribution in [0.4, 0.5) is 5.69 Å². The van der Waals surface area contributed by atoms with Crippen LogP contribution in [-0.4, -0.2) is 58.3 Å².